The second kappa shape index (κ2) is 9.73. The molecule has 12 heteroatoms. The number of amides is 1. The molecule has 1 saturated heterocycles. The summed E-state index contributed by atoms with van der Waals surface area (Å²) in [6.45, 7) is 1.34. The minimum absolute atomic E-state index is 0.0607. The molecule has 9 nitrogen and oxygen atoms in total. The quantitative estimate of drug-likeness (QED) is 0.417. The number of anilines is 3. The predicted molar refractivity (Wildman–Crippen MR) is 133 cm³/mol. The fourth-order valence-corrected chi connectivity index (χ4v) is 5.53. The number of ether oxygens (including phenoxy) is 1. The molecule has 1 amide bonds. The Kier molecular flexibility index (Phi) is 6.70. The van der Waals surface area contributed by atoms with Crippen LogP contribution in [0.1, 0.15) is 38.1 Å². The van der Waals surface area contributed by atoms with Crippen LogP contribution in [0, 0.1) is 5.92 Å². The Morgan fingerprint density at radius 2 is 1.82 bits per heavy atom. The number of primary amides is 1. The average molecular weight is 525 g/mol. The van der Waals surface area contributed by atoms with Crippen LogP contribution in [0.4, 0.5) is 17.6 Å². The van der Waals surface area contributed by atoms with E-state index < -0.39 is 0 Å². The molecule has 3 heterocycles. The molecular formula is C22H24Cl3N7O2. The summed E-state index contributed by atoms with van der Waals surface area (Å²) in [6, 6.07) is 3.47. The normalized spacial score (nSPS) is 22.7. The summed E-state index contributed by atoms with van der Waals surface area (Å²) in [4.78, 5) is 25.7. The highest BCUT2D eigenvalue weighted by molar-refractivity contribution is 6.41. The minimum atomic E-state index is -0.250. The van der Waals surface area contributed by atoms with Gasteiger partial charge in [-0.15, -0.1) is 0 Å². The lowest BCUT2D eigenvalue weighted by Gasteiger charge is -2.29. The molecule has 180 valence electrons. The van der Waals surface area contributed by atoms with Crippen molar-refractivity contribution in [2.45, 2.75) is 44.2 Å². The van der Waals surface area contributed by atoms with Crippen LogP contribution in [0.3, 0.4) is 0 Å². The number of benzene rings is 1. The van der Waals surface area contributed by atoms with Gasteiger partial charge in [-0.3, -0.25) is 9.36 Å². The van der Waals surface area contributed by atoms with E-state index in [4.69, 9.17) is 55.2 Å². The highest BCUT2D eigenvalue weighted by atomic mass is 35.5. The highest BCUT2D eigenvalue weighted by Gasteiger charge is 2.29. The first-order valence-corrected chi connectivity index (χ1v) is 12.3. The number of fused-ring (bicyclic) bond motifs is 1. The summed E-state index contributed by atoms with van der Waals surface area (Å²) < 4.78 is 7.50. The number of hydrogen-bond donors (Lipinski definition) is 3. The van der Waals surface area contributed by atoms with Crippen molar-refractivity contribution in [1.29, 1.82) is 0 Å². The number of carbonyl (C=O) groups excluding carboxylic acids is 1. The van der Waals surface area contributed by atoms with Crippen LogP contribution in [-0.2, 0) is 9.53 Å². The third-order valence-electron chi connectivity index (χ3n) is 6.40. The lowest BCUT2D eigenvalue weighted by Crippen LogP contribution is -2.29. The molecule has 4 N–H and O–H groups in total. The first-order chi connectivity index (χ1) is 16.4. The number of hydrogen-bond acceptors (Lipinski definition) is 7. The van der Waals surface area contributed by atoms with Crippen LogP contribution in [-0.4, -0.2) is 44.7 Å². The van der Waals surface area contributed by atoms with Crippen molar-refractivity contribution < 1.29 is 9.53 Å². The Balaban J connectivity index is 1.54. The summed E-state index contributed by atoms with van der Waals surface area (Å²) in [7, 11) is 0. The average Bonchev–Trinajstić information content (AvgIpc) is 3.43. The van der Waals surface area contributed by atoms with Gasteiger partial charge in [-0.2, -0.15) is 4.98 Å². The Labute approximate surface area is 211 Å². The Morgan fingerprint density at radius 3 is 2.47 bits per heavy atom. The van der Waals surface area contributed by atoms with Crippen LogP contribution >= 0.6 is 34.8 Å². The standard InChI is InChI=1S/C22H24Cl3N7O2/c23-12-7-15(24)18(16(25)8-12)30-22-29-17-9-27-21(28-13-5-6-34-10-13)31-20(17)32(22)14-3-1-11(2-4-14)19(26)33/h7-9,11,13-14H,1-6,10H2,(H2,26,33)(H,29,30)(H,27,28,31)/t11-,13-,14+/m1/s1. The van der Waals surface area contributed by atoms with Crippen molar-refractivity contribution in [3.8, 4) is 0 Å². The number of nitrogens with zero attached hydrogens (tertiary/aromatic N) is 4. The summed E-state index contributed by atoms with van der Waals surface area (Å²) in [5, 5.41) is 7.82. The van der Waals surface area contributed by atoms with Gasteiger partial charge in [0.2, 0.25) is 17.8 Å². The third kappa shape index (κ3) is 4.75. The van der Waals surface area contributed by atoms with Gasteiger partial charge < -0.3 is 21.1 Å². The lowest BCUT2D eigenvalue weighted by molar-refractivity contribution is -0.122. The Hall–Kier alpha value is -2.33. The van der Waals surface area contributed by atoms with Crippen LogP contribution in [0.5, 0.6) is 0 Å². The molecule has 1 saturated carbocycles. The minimum Gasteiger partial charge on any atom is -0.379 e. The van der Waals surface area contributed by atoms with E-state index in [1.165, 1.54) is 0 Å². The van der Waals surface area contributed by atoms with Crippen LogP contribution < -0.4 is 16.4 Å². The number of nitrogens with two attached hydrogens (primary N) is 1. The molecule has 1 aromatic carbocycles. The number of carbonyl (C=O) groups is 1. The van der Waals surface area contributed by atoms with Gasteiger partial charge in [-0.25, -0.2) is 9.97 Å². The van der Waals surface area contributed by atoms with Crippen molar-refractivity contribution in [2.75, 3.05) is 23.8 Å². The topological polar surface area (TPSA) is 120 Å². The van der Waals surface area contributed by atoms with Gasteiger partial charge in [-0.1, -0.05) is 34.8 Å². The van der Waals surface area contributed by atoms with Gasteiger partial charge in [-0.05, 0) is 44.2 Å². The van der Waals surface area contributed by atoms with Gasteiger partial charge in [0, 0.05) is 23.6 Å². The first-order valence-electron chi connectivity index (χ1n) is 11.2. The van der Waals surface area contributed by atoms with E-state index in [1.807, 2.05) is 4.57 Å². The highest BCUT2D eigenvalue weighted by Crippen LogP contribution is 2.40. The first kappa shape index (κ1) is 23.4. The van der Waals surface area contributed by atoms with Crippen molar-refractivity contribution in [2.24, 2.45) is 11.7 Å². The molecule has 1 aliphatic heterocycles. The van der Waals surface area contributed by atoms with E-state index in [1.54, 1.807) is 18.3 Å². The molecule has 0 spiro atoms. The largest absolute Gasteiger partial charge is 0.379 e. The van der Waals surface area contributed by atoms with Crippen molar-refractivity contribution in [1.82, 2.24) is 19.5 Å². The number of imidazole rings is 1. The van der Waals surface area contributed by atoms with E-state index in [0.29, 0.717) is 63.3 Å². The Morgan fingerprint density at radius 1 is 1.09 bits per heavy atom. The predicted octanol–water partition coefficient (Wildman–Crippen LogP) is 4.95. The third-order valence-corrected chi connectivity index (χ3v) is 7.22. The molecule has 2 aromatic heterocycles. The van der Waals surface area contributed by atoms with E-state index >= 15 is 0 Å². The van der Waals surface area contributed by atoms with Crippen LogP contribution in [0.25, 0.3) is 11.2 Å². The summed E-state index contributed by atoms with van der Waals surface area (Å²) in [5.41, 5.74) is 7.37. The van der Waals surface area contributed by atoms with Crippen LogP contribution in [0.2, 0.25) is 15.1 Å². The van der Waals surface area contributed by atoms with Gasteiger partial charge in [0.15, 0.2) is 5.65 Å². The summed E-state index contributed by atoms with van der Waals surface area (Å²) >= 11 is 18.9. The zero-order valence-corrected chi connectivity index (χ0v) is 20.5. The SMILES string of the molecule is NC(=O)[C@H]1CC[C@@H](n2c(Nc3c(Cl)cc(Cl)cc3Cl)nc3cnc(N[C@@H]4CCOC4)nc32)CC1. The van der Waals surface area contributed by atoms with E-state index in [0.717, 1.165) is 25.9 Å². The van der Waals surface area contributed by atoms with Crippen molar-refractivity contribution in [3.63, 3.8) is 0 Å². The fourth-order valence-electron chi connectivity index (χ4n) is 4.62. The second-order valence-electron chi connectivity index (χ2n) is 8.69. The van der Waals surface area contributed by atoms with Crippen LogP contribution in [0.15, 0.2) is 18.3 Å². The molecule has 0 unspecified atom stereocenters. The molecule has 34 heavy (non-hydrogen) atoms. The number of halogens is 3. The van der Waals surface area contributed by atoms with Crippen molar-refractivity contribution >= 4 is 69.5 Å². The van der Waals surface area contributed by atoms with Crippen molar-refractivity contribution in [3.05, 3.63) is 33.4 Å². The summed E-state index contributed by atoms with van der Waals surface area (Å²) in [5.74, 6) is 0.694. The maximum atomic E-state index is 11.7. The summed E-state index contributed by atoms with van der Waals surface area (Å²) in [6.07, 6.45) is 5.53. The van der Waals surface area contributed by atoms with E-state index in [2.05, 4.69) is 15.6 Å². The van der Waals surface area contributed by atoms with Gasteiger partial charge >= 0.3 is 0 Å². The number of aromatic nitrogens is 4. The zero-order chi connectivity index (χ0) is 23.8. The fraction of sp³-hybridized carbons (Fsp3) is 0.455. The maximum Gasteiger partial charge on any atom is 0.225 e. The molecular weight excluding hydrogens is 501 g/mol. The van der Waals surface area contributed by atoms with Gasteiger partial charge in [0.05, 0.1) is 34.6 Å². The smallest absolute Gasteiger partial charge is 0.225 e. The zero-order valence-electron chi connectivity index (χ0n) is 18.2. The monoisotopic (exact) mass is 523 g/mol. The van der Waals surface area contributed by atoms with E-state index in [-0.39, 0.29) is 23.9 Å². The van der Waals surface area contributed by atoms with Gasteiger partial charge in [0.25, 0.3) is 0 Å². The molecule has 0 bridgehead atoms. The molecule has 5 rings (SSSR count). The second-order valence-corrected chi connectivity index (χ2v) is 9.94. The molecule has 1 atom stereocenters. The lowest BCUT2D eigenvalue weighted by atomic mass is 9.85. The molecule has 0 radical (unpaired) electrons. The molecule has 3 aromatic rings. The molecule has 2 fully saturated rings. The number of nitrogens with one attached hydrogen (secondary N) is 2. The molecule has 1 aliphatic carbocycles. The maximum absolute atomic E-state index is 11.7. The number of rotatable bonds is 6. The Bertz CT molecular complexity index is 1200. The van der Waals surface area contributed by atoms with Gasteiger partial charge in [0.1, 0.15) is 5.52 Å². The van der Waals surface area contributed by atoms with E-state index in [9.17, 15) is 4.79 Å². The molecule has 2 aliphatic rings.